The van der Waals surface area contributed by atoms with E-state index in [4.69, 9.17) is 4.74 Å². The summed E-state index contributed by atoms with van der Waals surface area (Å²) >= 11 is 0. The van der Waals surface area contributed by atoms with Crippen LogP contribution in [0.5, 0.6) is 0 Å². The maximum Gasteiger partial charge on any atom is 0.258 e. The Morgan fingerprint density at radius 1 is 1.20 bits per heavy atom. The summed E-state index contributed by atoms with van der Waals surface area (Å²) in [7, 11) is 0. The van der Waals surface area contributed by atoms with E-state index in [1.54, 1.807) is 6.33 Å². The van der Waals surface area contributed by atoms with Gasteiger partial charge in [0.1, 0.15) is 12.7 Å². The molecule has 0 radical (unpaired) electrons. The summed E-state index contributed by atoms with van der Waals surface area (Å²) < 4.78 is 6.87. The Bertz CT molecular complexity index is 552. The molecule has 1 aliphatic rings. The van der Waals surface area contributed by atoms with Crippen LogP contribution >= 0.6 is 0 Å². The van der Waals surface area contributed by atoms with E-state index < -0.39 is 0 Å². The van der Waals surface area contributed by atoms with Gasteiger partial charge in [-0.3, -0.25) is 0 Å². The average molecular weight is 276 g/mol. The second kappa shape index (κ2) is 5.78. The molecule has 9 nitrogen and oxygen atoms in total. The molecule has 0 aromatic carbocycles. The monoisotopic (exact) mass is 276 g/mol. The van der Waals surface area contributed by atoms with Gasteiger partial charge in [-0.1, -0.05) is 0 Å². The van der Waals surface area contributed by atoms with Crippen LogP contribution < -0.4 is 10.2 Å². The lowest BCUT2D eigenvalue weighted by Crippen LogP contribution is -2.37. The number of nitrogens with one attached hydrogen (secondary N) is 1. The molecule has 2 aromatic rings. The predicted octanol–water partition coefficient (Wildman–Crippen LogP) is -0.279. The van der Waals surface area contributed by atoms with E-state index >= 15 is 0 Å². The average Bonchev–Trinajstić information content (AvgIpc) is 3.02. The molecule has 0 spiro atoms. The van der Waals surface area contributed by atoms with Gasteiger partial charge >= 0.3 is 0 Å². The third-order valence-corrected chi connectivity index (χ3v) is 2.86. The van der Waals surface area contributed by atoms with Crippen LogP contribution in [0.25, 0.3) is 5.95 Å². The van der Waals surface area contributed by atoms with Crippen molar-refractivity contribution in [1.29, 1.82) is 0 Å². The van der Waals surface area contributed by atoms with Gasteiger partial charge in [-0.15, -0.1) is 0 Å². The molecule has 9 heteroatoms. The van der Waals surface area contributed by atoms with Crippen LogP contribution in [0.15, 0.2) is 12.7 Å². The Morgan fingerprint density at radius 2 is 2.00 bits per heavy atom. The van der Waals surface area contributed by atoms with Gasteiger partial charge in [-0.25, -0.2) is 4.98 Å². The topological polar surface area (TPSA) is 93.9 Å². The molecule has 1 saturated heterocycles. The number of hydrogen-bond acceptors (Lipinski definition) is 8. The van der Waals surface area contributed by atoms with Gasteiger partial charge in [0, 0.05) is 19.6 Å². The minimum Gasteiger partial charge on any atom is -0.378 e. The second-order valence-corrected chi connectivity index (χ2v) is 4.23. The molecule has 0 amide bonds. The summed E-state index contributed by atoms with van der Waals surface area (Å²) in [6, 6.07) is 0. The molecule has 0 atom stereocenters. The number of hydrogen-bond donors (Lipinski definition) is 1. The van der Waals surface area contributed by atoms with E-state index in [1.807, 2.05) is 6.92 Å². The maximum atomic E-state index is 5.35. The molecule has 0 saturated carbocycles. The Kier molecular flexibility index (Phi) is 3.68. The summed E-state index contributed by atoms with van der Waals surface area (Å²) in [5.74, 6) is 1.62. The third-order valence-electron chi connectivity index (χ3n) is 2.86. The SMILES string of the molecule is CCNc1nc(N2CCOCC2)nc(-n2cncn2)n1. The van der Waals surface area contributed by atoms with Crippen LogP contribution in [-0.2, 0) is 4.74 Å². The van der Waals surface area contributed by atoms with Crippen molar-refractivity contribution in [3.05, 3.63) is 12.7 Å². The quantitative estimate of drug-likeness (QED) is 0.815. The molecular weight excluding hydrogens is 260 g/mol. The highest BCUT2D eigenvalue weighted by Crippen LogP contribution is 2.14. The molecule has 2 aromatic heterocycles. The van der Waals surface area contributed by atoms with Crippen LogP contribution in [0.1, 0.15) is 6.92 Å². The number of anilines is 2. The molecule has 1 N–H and O–H groups in total. The predicted molar refractivity (Wildman–Crippen MR) is 71.9 cm³/mol. The van der Waals surface area contributed by atoms with Crippen LogP contribution in [0.2, 0.25) is 0 Å². The normalized spacial score (nSPS) is 15.3. The summed E-state index contributed by atoms with van der Waals surface area (Å²) in [5, 5.41) is 7.16. The van der Waals surface area contributed by atoms with Crippen molar-refractivity contribution in [2.45, 2.75) is 6.92 Å². The molecule has 0 bridgehead atoms. The third kappa shape index (κ3) is 2.67. The zero-order valence-electron chi connectivity index (χ0n) is 11.2. The van der Waals surface area contributed by atoms with E-state index in [9.17, 15) is 0 Å². The van der Waals surface area contributed by atoms with Gasteiger partial charge in [-0.05, 0) is 6.92 Å². The van der Waals surface area contributed by atoms with Crippen LogP contribution in [0.4, 0.5) is 11.9 Å². The summed E-state index contributed by atoms with van der Waals surface area (Å²) in [5.41, 5.74) is 0. The van der Waals surface area contributed by atoms with Crippen molar-refractivity contribution in [3.8, 4) is 5.95 Å². The molecular formula is C11H16N8O. The van der Waals surface area contributed by atoms with Gasteiger partial charge in [0.25, 0.3) is 5.95 Å². The zero-order valence-corrected chi connectivity index (χ0v) is 11.2. The molecule has 1 fully saturated rings. The van der Waals surface area contributed by atoms with E-state index in [0.29, 0.717) is 31.1 Å². The fourth-order valence-electron chi connectivity index (χ4n) is 1.91. The Morgan fingerprint density at radius 3 is 2.70 bits per heavy atom. The van der Waals surface area contributed by atoms with E-state index in [2.05, 4.69) is 35.3 Å². The molecule has 0 aliphatic carbocycles. The van der Waals surface area contributed by atoms with Crippen LogP contribution in [-0.4, -0.2) is 62.6 Å². The van der Waals surface area contributed by atoms with Crippen LogP contribution in [0.3, 0.4) is 0 Å². The number of aromatic nitrogens is 6. The second-order valence-electron chi connectivity index (χ2n) is 4.23. The van der Waals surface area contributed by atoms with E-state index in [0.717, 1.165) is 19.6 Å². The number of ether oxygens (including phenoxy) is 1. The minimum atomic E-state index is 0.454. The molecule has 0 unspecified atom stereocenters. The Balaban J connectivity index is 1.95. The van der Waals surface area contributed by atoms with Gasteiger partial charge in [0.05, 0.1) is 13.2 Å². The van der Waals surface area contributed by atoms with Crippen molar-refractivity contribution >= 4 is 11.9 Å². The lowest BCUT2D eigenvalue weighted by atomic mass is 10.4. The van der Waals surface area contributed by atoms with Gasteiger partial charge in [-0.2, -0.15) is 24.7 Å². The highest BCUT2D eigenvalue weighted by Gasteiger charge is 2.17. The van der Waals surface area contributed by atoms with Crippen molar-refractivity contribution in [2.24, 2.45) is 0 Å². The number of morpholine rings is 1. The molecule has 3 rings (SSSR count). The molecule has 106 valence electrons. The van der Waals surface area contributed by atoms with Gasteiger partial charge in [0.15, 0.2) is 0 Å². The maximum absolute atomic E-state index is 5.35. The summed E-state index contributed by atoms with van der Waals surface area (Å²) in [6.45, 7) is 5.64. The first-order valence-corrected chi connectivity index (χ1v) is 6.54. The zero-order chi connectivity index (χ0) is 13.8. The lowest BCUT2D eigenvalue weighted by molar-refractivity contribution is 0.122. The molecule has 20 heavy (non-hydrogen) atoms. The van der Waals surface area contributed by atoms with E-state index in [-0.39, 0.29) is 0 Å². The Labute approximate surface area is 116 Å². The van der Waals surface area contributed by atoms with Crippen molar-refractivity contribution in [2.75, 3.05) is 43.1 Å². The molecule has 1 aliphatic heterocycles. The fraction of sp³-hybridized carbons (Fsp3) is 0.545. The minimum absolute atomic E-state index is 0.454. The lowest BCUT2D eigenvalue weighted by Gasteiger charge is -2.27. The number of rotatable bonds is 4. The van der Waals surface area contributed by atoms with Gasteiger partial charge < -0.3 is 15.0 Å². The highest BCUT2D eigenvalue weighted by atomic mass is 16.5. The first kappa shape index (κ1) is 12.7. The summed E-state index contributed by atoms with van der Waals surface area (Å²) in [6.07, 6.45) is 3.01. The number of nitrogens with zero attached hydrogens (tertiary/aromatic N) is 7. The smallest absolute Gasteiger partial charge is 0.258 e. The van der Waals surface area contributed by atoms with Crippen molar-refractivity contribution in [1.82, 2.24) is 29.7 Å². The van der Waals surface area contributed by atoms with Crippen molar-refractivity contribution < 1.29 is 4.74 Å². The largest absolute Gasteiger partial charge is 0.378 e. The van der Waals surface area contributed by atoms with Crippen LogP contribution in [0, 0.1) is 0 Å². The highest BCUT2D eigenvalue weighted by molar-refractivity contribution is 5.40. The molecule has 3 heterocycles. The first-order chi connectivity index (χ1) is 9.86. The fourth-order valence-corrected chi connectivity index (χ4v) is 1.91. The standard InChI is InChI=1S/C11H16N8O/c1-2-13-9-15-10(18-3-5-20-6-4-18)17-11(16-9)19-8-12-7-14-19/h7-8H,2-6H2,1H3,(H,13,15,16,17). The Hall–Kier alpha value is -2.29. The first-order valence-electron chi connectivity index (χ1n) is 6.54. The van der Waals surface area contributed by atoms with E-state index in [1.165, 1.54) is 11.0 Å². The summed E-state index contributed by atoms with van der Waals surface area (Å²) in [4.78, 5) is 19.2. The van der Waals surface area contributed by atoms with Crippen molar-refractivity contribution in [3.63, 3.8) is 0 Å². The van der Waals surface area contributed by atoms with Gasteiger partial charge in [0.2, 0.25) is 11.9 Å².